The molecular weight excluding hydrogens is 401 g/mol. The molecule has 0 aliphatic carbocycles. The number of hydrogen-bond acceptors (Lipinski definition) is 5. The van der Waals surface area contributed by atoms with Crippen molar-refractivity contribution in [3.05, 3.63) is 22.7 Å². The van der Waals surface area contributed by atoms with Gasteiger partial charge in [-0.05, 0) is 64.8 Å². The van der Waals surface area contributed by atoms with Crippen LogP contribution < -0.4 is 9.47 Å². The number of halogens is 2. The summed E-state index contributed by atoms with van der Waals surface area (Å²) in [7, 11) is 0. The van der Waals surface area contributed by atoms with Gasteiger partial charge in [-0.25, -0.2) is 0 Å². The van der Waals surface area contributed by atoms with E-state index in [-0.39, 0.29) is 18.8 Å². The number of fused-ring (bicyclic) bond motifs is 1. The molecule has 5 nitrogen and oxygen atoms in total. The highest BCUT2D eigenvalue weighted by molar-refractivity contribution is 6.31. The number of alkyl halides is 1. The molecule has 1 aromatic carbocycles. The fourth-order valence-corrected chi connectivity index (χ4v) is 3.65. The first-order chi connectivity index (χ1) is 13.2. The van der Waals surface area contributed by atoms with Crippen molar-refractivity contribution in [2.24, 2.45) is 0 Å². The molecular formula is C21H31Cl2NO4. The normalized spacial score (nSPS) is 14.4. The van der Waals surface area contributed by atoms with E-state index in [1.165, 1.54) is 0 Å². The Labute approximate surface area is 178 Å². The smallest absolute Gasteiger partial charge is 0.307 e. The molecule has 7 heteroatoms. The summed E-state index contributed by atoms with van der Waals surface area (Å²) in [6, 6.07) is 3.67. The second-order valence-corrected chi connectivity index (χ2v) is 8.81. The van der Waals surface area contributed by atoms with E-state index in [1.54, 1.807) is 6.07 Å². The number of rotatable bonds is 10. The zero-order valence-electron chi connectivity index (χ0n) is 17.2. The van der Waals surface area contributed by atoms with Crippen LogP contribution in [0, 0.1) is 0 Å². The van der Waals surface area contributed by atoms with Gasteiger partial charge in [-0.1, -0.05) is 18.5 Å². The first-order valence-electron chi connectivity index (χ1n) is 9.83. The number of benzene rings is 1. The zero-order valence-corrected chi connectivity index (χ0v) is 18.7. The number of carbonyl (C=O) groups is 1. The SMILES string of the molecule is CCCN(CCCCl)[C@@H](CC(=O)OC(C)(C)C)Cc1cc2c(cc1Cl)OCO2. The molecule has 0 saturated heterocycles. The van der Waals surface area contributed by atoms with E-state index in [9.17, 15) is 4.79 Å². The first-order valence-corrected chi connectivity index (χ1v) is 10.7. The van der Waals surface area contributed by atoms with E-state index < -0.39 is 5.60 Å². The molecule has 0 unspecified atom stereocenters. The topological polar surface area (TPSA) is 48.0 Å². The van der Waals surface area contributed by atoms with E-state index in [2.05, 4.69) is 11.8 Å². The van der Waals surface area contributed by atoms with Crippen LogP contribution in [0.25, 0.3) is 0 Å². The standard InChI is InChI=1S/C21H31Cl2NO4/c1-5-8-24(9-6-7-22)16(12-20(25)28-21(2,3)4)10-15-11-18-19(13-17(15)23)27-14-26-18/h11,13,16H,5-10,12,14H2,1-4H3/t16-/m1/s1. The summed E-state index contributed by atoms with van der Waals surface area (Å²) in [5.41, 5.74) is 0.426. The number of ether oxygens (including phenoxy) is 3. The molecule has 1 aromatic rings. The third-order valence-electron chi connectivity index (χ3n) is 4.43. The van der Waals surface area contributed by atoms with Gasteiger partial charge >= 0.3 is 5.97 Å². The van der Waals surface area contributed by atoms with Crippen LogP contribution in [0.1, 0.15) is 52.5 Å². The fourth-order valence-electron chi connectivity index (χ4n) is 3.30. The van der Waals surface area contributed by atoms with Gasteiger partial charge in [0.15, 0.2) is 11.5 Å². The predicted octanol–water partition coefficient (Wildman–Crippen LogP) is 5.05. The largest absolute Gasteiger partial charge is 0.460 e. The summed E-state index contributed by atoms with van der Waals surface area (Å²) in [6.45, 7) is 9.68. The van der Waals surface area contributed by atoms with Crippen molar-refractivity contribution in [1.82, 2.24) is 4.90 Å². The molecule has 0 saturated carbocycles. The van der Waals surface area contributed by atoms with Crippen LogP contribution in [0.3, 0.4) is 0 Å². The summed E-state index contributed by atoms with van der Waals surface area (Å²) in [6.07, 6.45) is 2.77. The van der Waals surface area contributed by atoms with Crippen LogP contribution in [-0.4, -0.2) is 48.3 Å². The summed E-state index contributed by atoms with van der Waals surface area (Å²) in [4.78, 5) is 14.9. The summed E-state index contributed by atoms with van der Waals surface area (Å²) < 4.78 is 16.5. The Morgan fingerprint density at radius 1 is 1.25 bits per heavy atom. The second-order valence-electron chi connectivity index (χ2n) is 8.02. The molecule has 0 spiro atoms. The molecule has 0 N–H and O–H groups in total. The number of esters is 1. The minimum Gasteiger partial charge on any atom is -0.460 e. The lowest BCUT2D eigenvalue weighted by molar-refractivity contribution is -0.156. The molecule has 1 heterocycles. The molecule has 0 amide bonds. The van der Waals surface area contributed by atoms with Crippen molar-refractivity contribution in [3.8, 4) is 11.5 Å². The van der Waals surface area contributed by atoms with Gasteiger partial charge in [0, 0.05) is 23.0 Å². The zero-order chi connectivity index (χ0) is 20.7. The van der Waals surface area contributed by atoms with Crippen LogP contribution in [0.4, 0.5) is 0 Å². The summed E-state index contributed by atoms with van der Waals surface area (Å²) >= 11 is 12.4. The first kappa shape index (κ1) is 23.1. The molecule has 158 valence electrons. The van der Waals surface area contributed by atoms with Gasteiger partial charge in [-0.2, -0.15) is 0 Å². The predicted molar refractivity (Wildman–Crippen MR) is 113 cm³/mol. The van der Waals surface area contributed by atoms with Crippen LogP contribution in [0.2, 0.25) is 5.02 Å². The van der Waals surface area contributed by atoms with E-state index in [1.807, 2.05) is 26.8 Å². The van der Waals surface area contributed by atoms with E-state index in [0.717, 1.165) is 31.5 Å². The second kappa shape index (κ2) is 10.6. The summed E-state index contributed by atoms with van der Waals surface area (Å²) in [5.74, 6) is 1.73. The number of carbonyl (C=O) groups excluding carboxylic acids is 1. The van der Waals surface area contributed by atoms with Gasteiger partial charge in [0.2, 0.25) is 6.79 Å². The number of hydrogen-bond donors (Lipinski definition) is 0. The molecule has 2 rings (SSSR count). The lowest BCUT2D eigenvalue weighted by Crippen LogP contribution is -2.41. The Morgan fingerprint density at radius 2 is 1.93 bits per heavy atom. The molecule has 1 aliphatic rings. The van der Waals surface area contributed by atoms with Crippen molar-refractivity contribution < 1.29 is 19.0 Å². The maximum absolute atomic E-state index is 12.6. The average molecular weight is 432 g/mol. The average Bonchev–Trinajstić information content (AvgIpc) is 3.03. The highest BCUT2D eigenvalue weighted by Crippen LogP contribution is 2.37. The Balaban J connectivity index is 2.22. The monoisotopic (exact) mass is 431 g/mol. The van der Waals surface area contributed by atoms with Crippen LogP contribution in [-0.2, 0) is 16.0 Å². The third-order valence-corrected chi connectivity index (χ3v) is 5.04. The van der Waals surface area contributed by atoms with Crippen molar-refractivity contribution >= 4 is 29.2 Å². The van der Waals surface area contributed by atoms with Gasteiger partial charge < -0.3 is 14.2 Å². The lowest BCUT2D eigenvalue weighted by Gasteiger charge is -2.32. The van der Waals surface area contributed by atoms with Gasteiger partial charge in [-0.3, -0.25) is 9.69 Å². The number of nitrogens with zero attached hydrogens (tertiary/aromatic N) is 1. The van der Waals surface area contributed by atoms with Gasteiger partial charge in [0.25, 0.3) is 0 Å². The Bertz CT molecular complexity index is 661. The lowest BCUT2D eigenvalue weighted by atomic mass is 10.00. The molecule has 28 heavy (non-hydrogen) atoms. The maximum atomic E-state index is 12.6. The van der Waals surface area contributed by atoms with Crippen molar-refractivity contribution in [3.63, 3.8) is 0 Å². The Kier molecular flexibility index (Phi) is 8.72. The molecule has 0 radical (unpaired) electrons. The minimum atomic E-state index is -0.510. The molecule has 0 bridgehead atoms. The van der Waals surface area contributed by atoms with Crippen molar-refractivity contribution in [2.75, 3.05) is 25.8 Å². The molecule has 1 aliphatic heterocycles. The minimum absolute atomic E-state index is 0.0316. The Hall–Kier alpha value is -1.17. The molecule has 0 aromatic heterocycles. The van der Waals surface area contributed by atoms with Gasteiger partial charge in [0.05, 0.1) is 6.42 Å². The molecule has 1 atom stereocenters. The van der Waals surface area contributed by atoms with Gasteiger partial charge in [0.1, 0.15) is 5.60 Å². The van der Waals surface area contributed by atoms with Crippen molar-refractivity contribution in [1.29, 1.82) is 0 Å². The van der Waals surface area contributed by atoms with Crippen LogP contribution in [0.15, 0.2) is 12.1 Å². The fraction of sp³-hybridized carbons (Fsp3) is 0.667. The van der Waals surface area contributed by atoms with E-state index in [0.29, 0.717) is 35.2 Å². The van der Waals surface area contributed by atoms with Gasteiger partial charge in [-0.15, -0.1) is 11.6 Å². The maximum Gasteiger partial charge on any atom is 0.307 e. The van der Waals surface area contributed by atoms with Crippen LogP contribution in [0.5, 0.6) is 11.5 Å². The highest BCUT2D eigenvalue weighted by atomic mass is 35.5. The van der Waals surface area contributed by atoms with Crippen LogP contribution >= 0.6 is 23.2 Å². The third kappa shape index (κ3) is 7.02. The highest BCUT2D eigenvalue weighted by Gasteiger charge is 2.27. The quantitative estimate of drug-likeness (QED) is 0.382. The van der Waals surface area contributed by atoms with E-state index in [4.69, 9.17) is 37.4 Å². The Morgan fingerprint density at radius 3 is 2.54 bits per heavy atom. The molecule has 0 fully saturated rings. The summed E-state index contributed by atoms with van der Waals surface area (Å²) in [5, 5.41) is 0.618. The van der Waals surface area contributed by atoms with Crippen molar-refractivity contribution in [2.45, 2.75) is 65.0 Å². The van der Waals surface area contributed by atoms with E-state index >= 15 is 0 Å².